The predicted molar refractivity (Wildman–Crippen MR) is 148 cm³/mol. The lowest BCUT2D eigenvalue weighted by Gasteiger charge is -2.31. The van der Waals surface area contributed by atoms with Crippen LogP contribution in [0.5, 0.6) is 0 Å². The number of nitrogens with one attached hydrogen (secondary N) is 1. The number of allylic oxidation sites excluding steroid dienone is 3. The van der Waals surface area contributed by atoms with Crippen LogP contribution in [0.3, 0.4) is 0 Å². The van der Waals surface area contributed by atoms with E-state index in [1.165, 1.54) is 11.1 Å². The highest BCUT2D eigenvalue weighted by atomic mass is 35.5. The molecule has 1 aromatic rings. The van der Waals surface area contributed by atoms with Gasteiger partial charge in [0.15, 0.2) is 0 Å². The lowest BCUT2D eigenvalue weighted by Crippen LogP contribution is -2.46. The molecule has 0 saturated heterocycles. The fourth-order valence-electron chi connectivity index (χ4n) is 4.69. The number of aliphatic hydroxyl groups is 1. The number of halogens is 1. The first-order chi connectivity index (χ1) is 17.0. The van der Waals surface area contributed by atoms with Gasteiger partial charge in [-0.2, -0.15) is 0 Å². The van der Waals surface area contributed by atoms with E-state index in [0.717, 1.165) is 30.4 Å². The van der Waals surface area contributed by atoms with E-state index in [2.05, 4.69) is 50.0 Å². The first-order valence-electron chi connectivity index (χ1n) is 13.0. The van der Waals surface area contributed by atoms with Gasteiger partial charge in [-0.25, -0.2) is 0 Å². The monoisotopic (exact) mass is 517 g/mol. The molecule has 0 heterocycles. The minimum absolute atomic E-state index is 0.0857. The van der Waals surface area contributed by atoms with Crippen molar-refractivity contribution in [1.82, 2.24) is 5.32 Å². The van der Waals surface area contributed by atoms with Crippen LogP contribution in [0, 0.1) is 5.92 Å². The molecule has 1 aliphatic carbocycles. The molecule has 1 aromatic carbocycles. The van der Waals surface area contributed by atoms with Gasteiger partial charge >= 0.3 is 5.97 Å². The highest BCUT2D eigenvalue weighted by Crippen LogP contribution is 2.32. The summed E-state index contributed by atoms with van der Waals surface area (Å²) in [6.07, 6.45) is 6.72. The van der Waals surface area contributed by atoms with Crippen LogP contribution in [-0.4, -0.2) is 48.6 Å². The Morgan fingerprint density at radius 1 is 1.25 bits per heavy atom. The minimum atomic E-state index is -0.641. The Labute approximate surface area is 222 Å². The van der Waals surface area contributed by atoms with Crippen LogP contribution in [0.25, 0.3) is 0 Å². The summed E-state index contributed by atoms with van der Waals surface area (Å²) in [6, 6.07) is 8.70. The van der Waals surface area contributed by atoms with Gasteiger partial charge in [0.25, 0.3) is 0 Å². The quantitative estimate of drug-likeness (QED) is 0.224. The van der Waals surface area contributed by atoms with Crippen LogP contribution in [0.15, 0.2) is 59.2 Å². The molecule has 2 N–H and O–H groups in total. The summed E-state index contributed by atoms with van der Waals surface area (Å²) in [5, 5.41) is 14.7. The van der Waals surface area contributed by atoms with E-state index in [1.807, 2.05) is 13.0 Å². The highest BCUT2D eigenvalue weighted by Gasteiger charge is 2.28. The van der Waals surface area contributed by atoms with E-state index in [1.54, 1.807) is 19.9 Å². The molecule has 2 atom stereocenters. The van der Waals surface area contributed by atoms with Crippen LogP contribution < -0.4 is 5.32 Å². The normalized spacial score (nSPS) is 16.5. The van der Waals surface area contributed by atoms with Gasteiger partial charge < -0.3 is 19.9 Å². The Hall–Kier alpha value is -1.92. The number of hydrogen-bond donors (Lipinski definition) is 2. The molecule has 2 unspecified atom stereocenters. The van der Waals surface area contributed by atoms with Crippen molar-refractivity contribution in [2.45, 2.75) is 84.5 Å². The topological polar surface area (TPSA) is 67.8 Å². The zero-order valence-corrected chi connectivity index (χ0v) is 23.4. The molecule has 0 saturated carbocycles. The molecule has 0 spiro atoms. The van der Waals surface area contributed by atoms with E-state index in [-0.39, 0.29) is 30.6 Å². The van der Waals surface area contributed by atoms with Gasteiger partial charge in [-0.15, -0.1) is 0 Å². The third-order valence-corrected chi connectivity index (χ3v) is 6.74. The number of fused-ring (bicyclic) bond motifs is 1. The lowest BCUT2D eigenvalue weighted by molar-refractivity contribution is -0.143. The first-order valence-corrected chi connectivity index (χ1v) is 13.4. The smallest absolute Gasteiger partial charge is 0.306 e. The van der Waals surface area contributed by atoms with Crippen LogP contribution >= 0.6 is 11.6 Å². The summed E-state index contributed by atoms with van der Waals surface area (Å²) >= 11 is 5.99. The predicted octanol–water partition coefficient (Wildman–Crippen LogP) is 5.89. The molecule has 0 aliphatic heterocycles. The number of esters is 1. The van der Waals surface area contributed by atoms with Crippen LogP contribution in [0.2, 0.25) is 0 Å². The number of ether oxygens (including phenoxy) is 2. The fourth-order valence-corrected chi connectivity index (χ4v) is 4.76. The second-order valence-corrected chi connectivity index (χ2v) is 11.0. The van der Waals surface area contributed by atoms with Crippen molar-refractivity contribution in [2.75, 3.05) is 19.8 Å². The van der Waals surface area contributed by atoms with E-state index in [4.69, 9.17) is 21.1 Å². The Morgan fingerprint density at radius 3 is 2.47 bits per heavy atom. The van der Waals surface area contributed by atoms with Crippen molar-refractivity contribution >= 4 is 17.6 Å². The largest absolute Gasteiger partial charge is 0.466 e. The molecule has 36 heavy (non-hydrogen) atoms. The van der Waals surface area contributed by atoms with Crippen molar-refractivity contribution in [3.63, 3.8) is 0 Å². The fraction of sp³-hybridized carbons (Fsp3) is 0.567. The van der Waals surface area contributed by atoms with Crippen molar-refractivity contribution in [1.29, 1.82) is 0 Å². The lowest BCUT2D eigenvalue weighted by atomic mass is 9.88. The van der Waals surface area contributed by atoms with Crippen molar-refractivity contribution < 1.29 is 19.4 Å². The van der Waals surface area contributed by atoms with Gasteiger partial charge in [0.05, 0.1) is 25.4 Å². The summed E-state index contributed by atoms with van der Waals surface area (Å²) < 4.78 is 11.0. The Balaban J connectivity index is 1.80. The molecule has 0 bridgehead atoms. The van der Waals surface area contributed by atoms with Gasteiger partial charge in [0.1, 0.15) is 0 Å². The maximum atomic E-state index is 11.8. The second-order valence-electron chi connectivity index (χ2n) is 10.4. The first kappa shape index (κ1) is 30.3. The van der Waals surface area contributed by atoms with E-state index in [9.17, 15) is 9.90 Å². The minimum Gasteiger partial charge on any atom is -0.466 e. The molecule has 200 valence electrons. The third kappa shape index (κ3) is 10.6. The van der Waals surface area contributed by atoms with E-state index in [0.29, 0.717) is 30.5 Å². The number of β-amino-alcohol motifs (C(OH)–C–C–N with tert-alkyl or cyclic N) is 1. The van der Waals surface area contributed by atoms with Crippen molar-refractivity contribution in [3.05, 3.63) is 70.3 Å². The van der Waals surface area contributed by atoms with Gasteiger partial charge in [0.2, 0.25) is 0 Å². The van der Waals surface area contributed by atoms with Gasteiger partial charge in [0, 0.05) is 23.5 Å². The number of carbonyl (C=O) groups is 1. The number of aliphatic hydroxyl groups excluding tert-OH is 1. The summed E-state index contributed by atoms with van der Waals surface area (Å²) in [4.78, 5) is 11.8. The average Bonchev–Trinajstić information content (AvgIpc) is 3.22. The summed E-state index contributed by atoms with van der Waals surface area (Å²) in [5.41, 5.74) is 4.48. The molecule has 0 aromatic heterocycles. The highest BCUT2D eigenvalue weighted by molar-refractivity contribution is 6.29. The molecule has 0 fully saturated rings. The number of hydrogen-bond acceptors (Lipinski definition) is 5. The molecule has 6 heteroatoms. The molecular formula is C30H44ClNO4. The van der Waals surface area contributed by atoms with Gasteiger partial charge in [-0.05, 0) is 94.6 Å². The van der Waals surface area contributed by atoms with Crippen molar-refractivity contribution in [2.24, 2.45) is 5.92 Å². The Morgan fingerprint density at radius 2 is 1.89 bits per heavy atom. The zero-order valence-electron chi connectivity index (χ0n) is 22.6. The average molecular weight is 518 g/mol. The van der Waals surface area contributed by atoms with Crippen LogP contribution in [-0.2, 0) is 27.1 Å². The molecule has 1 aliphatic rings. The summed E-state index contributed by atoms with van der Waals surface area (Å²) in [6.45, 7) is 15.0. The van der Waals surface area contributed by atoms with Gasteiger partial charge in [-0.1, -0.05) is 48.5 Å². The van der Waals surface area contributed by atoms with Crippen LogP contribution in [0.1, 0.15) is 65.0 Å². The van der Waals surface area contributed by atoms with Crippen molar-refractivity contribution in [3.8, 4) is 0 Å². The maximum absolute atomic E-state index is 11.8. The number of rotatable bonds is 15. The molecule has 0 amide bonds. The number of carbonyl (C=O) groups excluding carboxylic acids is 1. The maximum Gasteiger partial charge on any atom is 0.306 e. The molecule has 2 rings (SSSR count). The molecule has 0 radical (unpaired) electrons. The zero-order chi connectivity index (χ0) is 26.7. The van der Waals surface area contributed by atoms with Crippen LogP contribution in [0.4, 0.5) is 0 Å². The third-order valence-electron chi connectivity index (χ3n) is 6.61. The Bertz CT molecular complexity index is 908. The summed E-state index contributed by atoms with van der Waals surface area (Å²) in [5.74, 6) is 0.370. The second kappa shape index (κ2) is 14.7. The summed E-state index contributed by atoms with van der Waals surface area (Å²) in [7, 11) is 0. The molecular weight excluding hydrogens is 474 g/mol. The number of benzene rings is 1. The molecule has 5 nitrogen and oxygen atoms in total. The van der Waals surface area contributed by atoms with E-state index >= 15 is 0 Å². The van der Waals surface area contributed by atoms with Gasteiger partial charge in [-0.3, -0.25) is 4.79 Å². The van der Waals surface area contributed by atoms with E-state index < -0.39 is 6.10 Å². The standard InChI is InChI=1S/C30H44ClNO4/c1-7-35-29(34)15-14-25(13-12-21(2)31)22(3)23(4)36-20-28(33)19-32-30(5,6)18-24-16-26-10-8-9-11-27(26)17-24/h8-13,23-24,28,32-33H,3,7,14-20H2,1-2,4-6H3/b21-12+,25-13-. The Kier molecular flexibility index (Phi) is 12.4. The SMILES string of the molecule is C=C(/C(=C\C=C(/C)Cl)CCC(=O)OCC)C(C)OCC(O)CNC(C)(C)CC1Cc2ccccc2C1.